The quantitative estimate of drug-likeness (QED) is 0.248. The first kappa shape index (κ1) is 18.2. The molecule has 0 aliphatic heterocycles. The van der Waals surface area contributed by atoms with Gasteiger partial charge >= 0.3 is 0 Å². The lowest BCUT2D eigenvalue weighted by atomic mass is 10.1. The predicted octanol–water partition coefficient (Wildman–Crippen LogP) is 3.07. The molecular weight excluding hydrogens is 364 g/mol. The van der Waals surface area contributed by atoms with Crippen LogP contribution in [0.4, 0.5) is 5.69 Å². The van der Waals surface area contributed by atoms with Gasteiger partial charge in [0, 0.05) is 35.9 Å². The molecule has 3 heterocycles. The molecule has 1 aromatic carbocycles. The number of pyridine rings is 2. The van der Waals surface area contributed by atoms with Gasteiger partial charge in [-0.25, -0.2) is 15.5 Å². The fourth-order valence-corrected chi connectivity index (χ4v) is 2.85. The fourth-order valence-electron chi connectivity index (χ4n) is 2.85. The summed E-state index contributed by atoms with van der Waals surface area (Å²) in [4.78, 5) is 12.5. The van der Waals surface area contributed by atoms with Gasteiger partial charge in [-0.15, -0.1) is 5.10 Å². The monoisotopic (exact) mass is 382 g/mol. The Balaban J connectivity index is 1.70. The molecule has 0 aliphatic carbocycles. The number of nitrogens with two attached hydrogens (primary N) is 1. The van der Waals surface area contributed by atoms with Crippen LogP contribution < -0.4 is 11.0 Å². The number of hydrazone groups is 1. The Bertz CT molecular complexity index is 1140. The lowest BCUT2D eigenvalue weighted by molar-refractivity contribution is 0.882. The van der Waals surface area contributed by atoms with Crippen molar-refractivity contribution in [3.8, 4) is 16.8 Å². The summed E-state index contributed by atoms with van der Waals surface area (Å²) in [7, 11) is 0. The first-order valence-corrected chi connectivity index (χ1v) is 8.82. The summed E-state index contributed by atoms with van der Waals surface area (Å²) in [5, 5.41) is 9.86. The summed E-state index contributed by atoms with van der Waals surface area (Å²) in [6, 6.07) is 17.2. The van der Waals surface area contributed by atoms with E-state index in [2.05, 4.69) is 31.9 Å². The highest BCUT2D eigenvalue weighted by Gasteiger charge is 2.11. The van der Waals surface area contributed by atoms with E-state index in [0.29, 0.717) is 17.2 Å². The zero-order valence-corrected chi connectivity index (χ0v) is 15.5. The lowest BCUT2D eigenvalue weighted by Gasteiger charge is -2.15. The van der Waals surface area contributed by atoms with Crippen LogP contribution in [-0.4, -0.2) is 32.3 Å². The van der Waals surface area contributed by atoms with Crippen LogP contribution >= 0.6 is 0 Å². The van der Waals surface area contributed by atoms with Crippen LogP contribution in [0, 0.1) is 0 Å². The third-order valence-electron chi connectivity index (χ3n) is 4.20. The number of hydrogen-bond donors (Lipinski definition) is 1. The predicted molar refractivity (Wildman–Crippen MR) is 114 cm³/mol. The second-order valence-electron chi connectivity index (χ2n) is 6.04. The zero-order valence-electron chi connectivity index (χ0n) is 15.5. The number of aliphatic imine (C=N–C) groups is 1. The number of hydrogen-bond acceptors (Lipinski definition) is 6. The molecule has 0 unspecified atom stereocenters. The van der Waals surface area contributed by atoms with E-state index in [1.54, 1.807) is 35.5 Å². The van der Waals surface area contributed by atoms with Gasteiger partial charge in [0.2, 0.25) is 0 Å². The van der Waals surface area contributed by atoms with Gasteiger partial charge in [0.25, 0.3) is 0 Å². The standard InChI is InChI=1S/C21H18N8/c1-23-21(19-8-4-5-10-25-19)27-29(22)17-13-16(14-24-15-17)18-7-2-3-9-20(18)28-12-6-11-26-28/h2-15H,1,22H2/b27-21-. The summed E-state index contributed by atoms with van der Waals surface area (Å²) in [6.45, 7) is 3.56. The Morgan fingerprint density at radius 1 is 1.03 bits per heavy atom. The maximum Gasteiger partial charge on any atom is 0.199 e. The summed E-state index contributed by atoms with van der Waals surface area (Å²) in [6.07, 6.45) is 8.69. The highest BCUT2D eigenvalue weighted by molar-refractivity contribution is 6.00. The van der Waals surface area contributed by atoms with Crippen molar-refractivity contribution in [2.24, 2.45) is 15.9 Å². The van der Waals surface area contributed by atoms with Crippen LogP contribution in [-0.2, 0) is 0 Å². The molecule has 0 fully saturated rings. The van der Waals surface area contributed by atoms with Gasteiger partial charge in [0.05, 0.1) is 17.6 Å². The van der Waals surface area contributed by atoms with Gasteiger partial charge < -0.3 is 0 Å². The average Bonchev–Trinajstić information content (AvgIpc) is 3.33. The fraction of sp³-hybridized carbons (Fsp3) is 0. The molecule has 0 spiro atoms. The molecular formula is C21H18N8. The van der Waals surface area contributed by atoms with Gasteiger partial charge in [0.1, 0.15) is 5.69 Å². The minimum Gasteiger partial charge on any atom is -0.262 e. The van der Waals surface area contributed by atoms with Crippen LogP contribution in [0.3, 0.4) is 0 Å². The van der Waals surface area contributed by atoms with Gasteiger partial charge in [-0.2, -0.15) is 10.2 Å². The van der Waals surface area contributed by atoms with Gasteiger partial charge in [-0.1, -0.05) is 24.3 Å². The van der Waals surface area contributed by atoms with E-state index in [1.165, 1.54) is 5.12 Å². The van der Waals surface area contributed by atoms with Crippen LogP contribution in [0.15, 0.2) is 95.7 Å². The second-order valence-corrected chi connectivity index (χ2v) is 6.04. The van der Waals surface area contributed by atoms with Crippen molar-refractivity contribution in [2.75, 3.05) is 5.12 Å². The van der Waals surface area contributed by atoms with Gasteiger partial charge in [-0.05, 0) is 37.0 Å². The summed E-state index contributed by atoms with van der Waals surface area (Å²) < 4.78 is 1.81. The molecule has 4 rings (SSSR count). The number of hydrazine groups is 1. The molecule has 3 aromatic heterocycles. The highest BCUT2D eigenvalue weighted by atomic mass is 15.6. The van der Waals surface area contributed by atoms with Crippen molar-refractivity contribution < 1.29 is 0 Å². The molecule has 0 aliphatic rings. The Morgan fingerprint density at radius 3 is 2.66 bits per heavy atom. The molecule has 2 N–H and O–H groups in total. The minimum absolute atomic E-state index is 0.315. The number of amidine groups is 1. The van der Waals surface area contributed by atoms with Crippen molar-refractivity contribution in [3.63, 3.8) is 0 Å². The SMILES string of the molecule is C=N/C(=N\N(N)c1cncc(-c2ccccc2-n2cccn2)c1)c1ccccn1. The first-order chi connectivity index (χ1) is 14.3. The molecule has 29 heavy (non-hydrogen) atoms. The van der Waals surface area contributed by atoms with E-state index in [4.69, 9.17) is 5.84 Å². The highest BCUT2D eigenvalue weighted by Crippen LogP contribution is 2.28. The first-order valence-electron chi connectivity index (χ1n) is 8.82. The molecule has 4 aromatic rings. The molecule has 0 radical (unpaired) electrons. The number of rotatable bonds is 5. The molecule has 0 atom stereocenters. The largest absolute Gasteiger partial charge is 0.262 e. The topological polar surface area (TPSA) is 97.6 Å². The summed E-state index contributed by atoms with van der Waals surface area (Å²) in [5.41, 5.74) is 3.95. The molecule has 0 amide bonds. The minimum atomic E-state index is 0.315. The summed E-state index contributed by atoms with van der Waals surface area (Å²) >= 11 is 0. The Kier molecular flexibility index (Phi) is 5.17. The van der Waals surface area contributed by atoms with Crippen LogP contribution in [0.1, 0.15) is 5.69 Å². The third-order valence-corrected chi connectivity index (χ3v) is 4.20. The Morgan fingerprint density at radius 2 is 1.90 bits per heavy atom. The number of nitrogens with zero attached hydrogens (tertiary/aromatic N) is 7. The Hall–Kier alpha value is -4.17. The van der Waals surface area contributed by atoms with Crippen molar-refractivity contribution in [1.82, 2.24) is 19.7 Å². The molecule has 0 saturated carbocycles. The van der Waals surface area contributed by atoms with Crippen molar-refractivity contribution in [3.05, 3.63) is 91.3 Å². The maximum absolute atomic E-state index is 6.16. The van der Waals surface area contributed by atoms with Crippen molar-refractivity contribution >= 4 is 18.2 Å². The third kappa shape index (κ3) is 3.92. The van der Waals surface area contributed by atoms with E-state index in [-0.39, 0.29) is 0 Å². The van der Waals surface area contributed by atoms with Gasteiger partial charge in [-0.3, -0.25) is 9.97 Å². The number of aromatic nitrogens is 4. The molecule has 8 heteroatoms. The van der Waals surface area contributed by atoms with E-state index in [9.17, 15) is 0 Å². The maximum atomic E-state index is 6.16. The van der Waals surface area contributed by atoms with E-state index >= 15 is 0 Å². The lowest BCUT2D eigenvalue weighted by Crippen LogP contribution is -2.26. The zero-order chi connectivity index (χ0) is 20.1. The second kappa shape index (κ2) is 8.24. The van der Waals surface area contributed by atoms with E-state index < -0.39 is 0 Å². The van der Waals surface area contributed by atoms with Gasteiger partial charge in [0.15, 0.2) is 5.84 Å². The van der Waals surface area contributed by atoms with E-state index in [1.807, 2.05) is 54.7 Å². The number of anilines is 1. The van der Waals surface area contributed by atoms with Crippen molar-refractivity contribution in [2.45, 2.75) is 0 Å². The number of para-hydroxylation sites is 1. The normalized spacial score (nSPS) is 11.3. The average molecular weight is 382 g/mol. The van der Waals surface area contributed by atoms with Crippen LogP contribution in [0.5, 0.6) is 0 Å². The molecule has 0 bridgehead atoms. The number of benzene rings is 1. The van der Waals surface area contributed by atoms with E-state index in [0.717, 1.165) is 16.8 Å². The smallest absolute Gasteiger partial charge is 0.199 e. The molecule has 0 saturated heterocycles. The van der Waals surface area contributed by atoms with Crippen LogP contribution in [0.2, 0.25) is 0 Å². The molecule has 142 valence electrons. The molecule has 8 nitrogen and oxygen atoms in total. The Labute approximate surface area is 167 Å². The van der Waals surface area contributed by atoms with Crippen molar-refractivity contribution in [1.29, 1.82) is 0 Å². The van der Waals surface area contributed by atoms with Crippen LogP contribution in [0.25, 0.3) is 16.8 Å². The summed E-state index contributed by atoms with van der Waals surface area (Å²) in [5.74, 6) is 6.48.